The van der Waals surface area contributed by atoms with Gasteiger partial charge in [-0.25, -0.2) is 0 Å². The van der Waals surface area contributed by atoms with Crippen LogP contribution in [0, 0.1) is 22.7 Å². The van der Waals surface area contributed by atoms with Crippen LogP contribution in [0.5, 0.6) is 0 Å². The summed E-state index contributed by atoms with van der Waals surface area (Å²) in [6.45, 7) is 6.55. The number of rotatable bonds is 1. The van der Waals surface area contributed by atoms with Crippen molar-refractivity contribution < 1.29 is 0 Å². The molecular formula is C36H25BN4. The maximum Gasteiger partial charge on any atom is 0.332 e. The molecule has 0 aliphatic carbocycles. The Kier molecular flexibility index (Phi) is 4.69. The van der Waals surface area contributed by atoms with Crippen molar-refractivity contribution in [1.82, 2.24) is 9.05 Å². The second-order valence-electron chi connectivity index (χ2n) is 12.0. The third-order valence-corrected chi connectivity index (χ3v) is 8.77. The highest BCUT2D eigenvalue weighted by Crippen LogP contribution is 2.39. The second-order valence-corrected chi connectivity index (χ2v) is 12.0. The van der Waals surface area contributed by atoms with E-state index in [0.717, 1.165) is 33.0 Å². The van der Waals surface area contributed by atoms with Gasteiger partial charge in [0.25, 0.3) is 0 Å². The fraction of sp³-hybridized carbons (Fsp3) is 0.111. The van der Waals surface area contributed by atoms with Crippen LogP contribution in [0.25, 0.3) is 49.3 Å². The van der Waals surface area contributed by atoms with Crippen LogP contribution in [0.3, 0.4) is 0 Å². The first-order valence-electron chi connectivity index (χ1n) is 14.0. The molecule has 0 saturated heterocycles. The molecule has 192 valence electrons. The average molecular weight is 524 g/mol. The number of hydrogen-bond acceptors (Lipinski definition) is 2. The van der Waals surface area contributed by atoms with Gasteiger partial charge in [0.2, 0.25) is 0 Å². The highest BCUT2D eigenvalue weighted by atomic mass is 15.0. The molecule has 0 atom stereocenters. The maximum absolute atomic E-state index is 10.4. The van der Waals surface area contributed by atoms with E-state index in [1.54, 1.807) is 0 Å². The first-order valence-corrected chi connectivity index (χ1v) is 14.0. The summed E-state index contributed by atoms with van der Waals surface area (Å²) in [5.74, 6) is 0. The Hall–Kier alpha value is -5.26. The Bertz CT molecular complexity index is 2260. The van der Waals surface area contributed by atoms with Gasteiger partial charge < -0.3 is 9.05 Å². The topological polar surface area (TPSA) is 57.4 Å². The summed E-state index contributed by atoms with van der Waals surface area (Å²) in [6.07, 6.45) is 0. The molecule has 1 aliphatic heterocycles. The number of nitrogens with zero attached hydrogens (tertiary/aromatic N) is 4. The summed E-state index contributed by atoms with van der Waals surface area (Å²) in [6, 6.07) is 38.6. The lowest BCUT2D eigenvalue weighted by Crippen LogP contribution is -2.55. The Labute approximate surface area is 238 Å². The van der Waals surface area contributed by atoms with E-state index in [1.807, 2.05) is 24.3 Å². The van der Waals surface area contributed by atoms with Crippen molar-refractivity contribution >= 4 is 61.4 Å². The lowest BCUT2D eigenvalue weighted by Gasteiger charge is -2.33. The summed E-state index contributed by atoms with van der Waals surface area (Å²) in [5.41, 5.74) is 9.94. The summed E-state index contributed by atoms with van der Waals surface area (Å²) in [7, 11) is 0. The van der Waals surface area contributed by atoms with Gasteiger partial charge in [-0.15, -0.1) is 0 Å². The highest BCUT2D eigenvalue weighted by molar-refractivity contribution is 6.88. The number of para-hydroxylation sites is 4. The zero-order valence-electron chi connectivity index (χ0n) is 23.1. The molecule has 3 heterocycles. The molecule has 1 aliphatic rings. The molecule has 0 radical (unpaired) electrons. The predicted molar refractivity (Wildman–Crippen MR) is 169 cm³/mol. The van der Waals surface area contributed by atoms with Crippen LogP contribution in [0.15, 0.2) is 97.1 Å². The maximum atomic E-state index is 10.4. The minimum Gasteiger partial charge on any atom is -0.374 e. The van der Waals surface area contributed by atoms with Crippen molar-refractivity contribution in [3.63, 3.8) is 0 Å². The standard InChI is InChI=1S/C36H25BN4/c1-36(2,3)28-19-18-27-24-12-4-6-16-30(24)40-31-17-7-5-15-29(31)37(32(28)35(27)40)41-33-22(20-38)10-8-13-25(33)26-14-9-11-23(21-39)34(26)41/h4-19H,1-3H3. The first kappa shape index (κ1) is 23.6. The van der Waals surface area contributed by atoms with Gasteiger partial charge >= 0.3 is 6.85 Å². The molecule has 0 spiro atoms. The minimum atomic E-state index is -0.245. The molecule has 0 N–H and O–H groups in total. The van der Waals surface area contributed by atoms with Crippen LogP contribution >= 0.6 is 0 Å². The van der Waals surface area contributed by atoms with Crippen molar-refractivity contribution in [2.75, 3.05) is 0 Å². The molecule has 5 heteroatoms. The van der Waals surface area contributed by atoms with Crippen LogP contribution in [0.1, 0.15) is 37.5 Å². The van der Waals surface area contributed by atoms with Crippen LogP contribution in [0.4, 0.5) is 0 Å². The smallest absolute Gasteiger partial charge is 0.332 e. The van der Waals surface area contributed by atoms with Crippen LogP contribution in [-0.4, -0.2) is 15.9 Å². The van der Waals surface area contributed by atoms with Gasteiger partial charge in [0.15, 0.2) is 0 Å². The van der Waals surface area contributed by atoms with E-state index in [0.29, 0.717) is 11.1 Å². The number of aromatic nitrogens is 2. The molecule has 4 nitrogen and oxygen atoms in total. The third kappa shape index (κ3) is 2.98. The highest BCUT2D eigenvalue weighted by Gasteiger charge is 2.40. The lowest BCUT2D eigenvalue weighted by atomic mass is 9.46. The van der Waals surface area contributed by atoms with E-state index in [4.69, 9.17) is 0 Å². The number of fused-ring (bicyclic) bond motifs is 8. The summed E-state index contributed by atoms with van der Waals surface area (Å²) in [4.78, 5) is 0. The molecule has 8 rings (SSSR count). The summed E-state index contributed by atoms with van der Waals surface area (Å²) in [5, 5.41) is 25.1. The zero-order valence-corrected chi connectivity index (χ0v) is 23.1. The monoisotopic (exact) mass is 524 g/mol. The molecule has 0 saturated carbocycles. The molecule has 5 aromatic carbocycles. The molecular weight excluding hydrogens is 499 g/mol. The van der Waals surface area contributed by atoms with E-state index in [1.165, 1.54) is 32.8 Å². The summed E-state index contributed by atoms with van der Waals surface area (Å²) < 4.78 is 4.72. The van der Waals surface area contributed by atoms with Crippen LogP contribution in [0.2, 0.25) is 0 Å². The van der Waals surface area contributed by atoms with Gasteiger partial charge in [0.1, 0.15) is 12.1 Å². The second kappa shape index (κ2) is 8.13. The number of nitriles is 2. The van der Waals surface area contributed by atoms with Crippen LogP contribution in [-0.2, 0) is 5.41 Å². The Morgan fingerprint density at radius 1 is 0.610 bits per heavy atom. The van der Waals surface area contributed by atoms with Gasteiger partial charge in [-0.05, 0) is 46.2 Å². The van der Waals surface area contributed by atoms with E-state index in [9.17, 15) is 10.5 Å². The third-order valence-electron chi connectivity index (χ3n) is 8.77. The fourth-order valence-electron chi connectivity index (χ4n) is 7.20. The van der Waals surface area contributed by atoms with E-state index < -0.39 is 0 Å². The van der Waals surface area contributed by atoms with E-state index >= 15 is 0 Å². The van der Waals surface area contributed by atoms with Crippen molar-refractivity contribution in [1.29, 1.82) is 10.5 Å². The quantitative estimate of drug-likeness (QED) is 0.219. The molecule has 2 aromatic heterocycles. The number of benzene rings is 5. The van der Waals surface area contributed by atoms with Gasteiger partial charge in [-0.1, -0.05) is 93.6 Å². The predicted octanol–water partition coefficient (Wildman–Crippen LogP) is 6.90. The molecule has 0 bridgehead atoms. The van der Waals surface area contributed by atoms with E-state index in [2.05, 4.69) is 115 Å². The SMILES string of the molecule is CC(C)(C)c1ccc2c3ccccc3n3c2c1B(n1c2c(C#N)cccc2c2cccc(C#N)c21)c1ccccc1-3. The van der Waals surface area contributed by atoms with Crippen LogP contribution < -0.4 is 10.9 Å². The van der Waals surface area contributed by atoms with Gasteiger partial charge in [-0.3, -0.25) is 0 Å². The minimum absolute atomic E-state index is 0.149. The van der Waals surface area contributed by atoms with Gasteiger partial charge in [0, 0.05) is 27.2 Å². The number of hydrogen-bond donors (Lipinski definition) is 0. The normalized spacial score (nSPS) is 12.7. The van der Waals surface area contributed by atoms with E-state index in [-0.39, 0.29) is 12.3 Å². The molecule has 0 unspecified atom stereocenters. The van der Waals surface area contributed by atoms with Gasteiger partial charge in [0.05, 0.1) is 33.2 Å². The lowest BCUT2D eigenvalue weighted by molar-refractivity contribution is 0.594. The zero-order chi connectivity index (χ0) is 28.0. The molecule has 7 aromatic rings. The van der Waals surface area contributed by atoms with Crippen molar-refractivity contribution in [2.45, 2.75) is 26.2 Å². The fourth-order valence-corrected chi connectivity index (χ4v) is 7.20. The van der Waals surface area contributed by atoms with Crippen molar-refractivity contribution in [3.8, 4) is 17.8 Å². The van der Waals surface area contributed by atoms with Gasteiger partial charge in [-0.2, -0.15) is 10.5 Å². The molecule has 41 heavy (non-hydrogen) atoms. The molecule has 0 fully saturated rings. The van der Waals surface area contributed by atoms with Crippen molar-refractivity contribution in [3.05, 3.63) is 114 Å². The van der Waals surface area contributed by atoms with Crippen molar-refractivity contribution in [2.24, 2.45) is 0 Å². The Morgan fingerprint density at radius 2 is 1.20 bits per heavy atom. The molecule has 0 amide bonds. The largest absolute Gasteiger partial charge is 0.374 e. The Morgan fingerprint density at radius 3 is 1.85 bits per heavy atom. The average Bonchev–Trinajstić information content (AvgIpc) is 3.51. The first-order chi connectivity index (χ1) is 19.9. The summed E-state index contributed by atoms with van der Waals surface area (Å²) >= 11 is 0. The Balaban J connectivity index is 1.69.